The van der Waals surface area contributed by atoms with Crippen LogP contribution in [0.25, 0.3) is 22.2 Å². The number of pyridine rings is 1. The number of H-pyrrole nitrogens is 1. The molecule has 1 heterocycles. The summed E-state index contributed by atoms with van der Waals surface area (Å²) in [6.45, 7) is 1.98. The van der Waals surface area contributed by atoms with E-state index in [1.54, 1.807) is 43.3 Å². The second kappa shape index (κ2) is 6.45. The van der Waals surface area contributed by atoms with Gasteiger partial charge in [0, 0.05) is 11.6 Å². The highest BCUT2D eigenvalue weighted by atomic mass is 16.5. The van der Waals surface area contributed by atoms with Gasteiger partial charge in [-0.2, -0.15) is 0 Å². The first-order chi connectivity index (χ1) is 11.6. The molecular formula is C18H16N2O4. The summed E-state index contributed by atoms with van der Waals surface area (Å²) in [6, 6.07) is 13.3. The van der Waals surface area contributed by atoms with Crippen LogP contribution in [0.5, 0.6) is 5.75 Å². The van der Waals surface area contributed by atoms with Gasteiger partial charge in [0.2, 0.25) is 0 Å². The molecule has 3 aromatic rings. The van der Waals surface area contributed by atoms with Gasteiger partial charge in [-0.1, -0.05) is 24.3 Å². The van der Waals surface area contributed by atoms with Crippen LogP contribution in [-0.4, -0.2) is 22.8 Å². The zero-order valence-electron chi connectivity index (χ0n) is 13.0. The number of aromatic amines is 1. The van der Waals surface area contributed by atoms with Crippen molar-refractivity contribution in [2.75, 3.05) is 11.9 Å². The summed E-state index contributed by atoms with van der Waals surface area (Å²) in [5.41, 5.74) is 1.91. The summed E-state index contributed by atoms with van der Waals surface area (Å²) in [5.74, 6) is -0.0711. The number of ether oxygens (including phenoxy) is 1. The first-order valence-electron chi connectivity index (χ1n) is 7.48. The van der Waals surface area contributed by atoms with Gasteiger partial charge in [-0.05, 0) is 25.1 Å². The summed E-state index contributed by atoms with van der Waals surface area (Å²) in [6.07, 6.45) is -0.564. The largest absolute Gasteiger partial charge is 0.507 e. The maximum absolute atomic E-state index is 12.3. The minimum atomic E-state index is -0.564. The Balaban J connectivity index is 2.11. The Kier molecular flexibility index (Phi) is 4.20. The van der Waals surface area contributed by atoms with Gasteiger partial charge < -0.3 is 14.8 Å². The lowest BCUT2D eigenvalue weighted by atomic mass is 10.1. The number of aromatic nitrogens is 1. The van der Waals surface area contributed by atoms with Gasteiger partial charge in [0.05, 0.1) is 28.9 Å². The van der Waals surface area contributed by atoms with Gasteiger partial charge in [-0.3, -0.25) is 10.1 Å². The summed E-state index contributed by atoms with van der Waals surface area (Å²) in [5, 5.41) is 12.7. The summed E-state index contributed by atoms with van der Waals surface area (Å²) >= 11 is 0. The van der Waals surface area contributed by atoms with E-state index in [2.05, 4.69) is 10.3 Å². The van der Waals surface area contributed by atoms with Crippen molar-refractivity contribution in [1.29, 1.82) is 0 Å². The van der Waals surface area contributed by atoms with Gasteiger partial charge >= 0.3 is 6.09 Å². The van der Waals surface area contributed by atoms with Gasteiger partial charge in [0.1, 0.15) is 5.75 Å². The lowest BCUT2D eigenvalue weighted by molar-refractivity contribution is 0.168. The monoisotopic (exact) mass is 324 g/mol. The van der Waals surface area contributed by atoms with Crippen molar-refractivity contribution >= 4 is 22.7 Å². The third-order valence-electron chi connectivity index (χ3n) is 3.56. The number of hydrogen-bond donors (Lipinski definition) is 3. The number of carbonyl (C=O) groups is 1. The molecule has 0 bridgehead atoms. The highest BCUT2D eigenvalue weighted by molar-refractivity contribution is 5.92. The molecule has 1 amide bonds. The van der Waals surface area contributed by atoms with Crippen molar-refractivity contribution in [1.82, 2.24) is 4.98 Å². The van der Waals surface area contributed by atoms with E-state index in [1.807, 2.05) is 0 Å². The molecule has 6 nitrogen and oxygen atoms in total. The number of para-hydroxylation sites is 1. The molecule has 3 rings (SSSR count). The van der Waals surface area contributed by atoms with Crippen molar-refractivity contribution in [3.05, 3.63) is 58.8 Å². The molecule has 24 heavy (non-hydrogen) atoms. The van der Waals surface area contributed by atoms with Crippen LogP contribution in [0.1, 0.15) is 6.92 Å². The Morgan fingerprint density at radius 2 is 2.00 bits per heavy atom. The number of rotatable bonds is 3. The van der Waals surface area contributed by atoms with Gasteiger partial charge in [-0.15, -0.1) is 0 Å². The SMILES string of the molecule is CCOC(=O)Nc1ccccc1-c1cc(=O)c2c(O)cccc2[nH]1. The van der Waals surface area contributed by atoms with Crippen LogP contribution in [0, 0.1) is 0 Å². The number of nitrogens with one attached hydrogen (secondary N) is 2. The Bertz CT molecular complexity index is 963. The van der Waals surface area contributed by atoms with E-state index < -0.39 is 6.09 Å². The molecule has 0 radical (unpaired) electrons. The molecule has 0 atom stereocenters. The maximum Gasteiger partial charge on any atom is 0.411 e. The highest BCUT2D eigenvalue weighted by Gasteiger charge is 2.12. The molecule has 0 unspecified atom stereocenters. The zero-order valence-corrected chi connectivity index (χ0v) is 13.0. The summed E-state index contributed by atoms with van der Waals surface area (Å²) < 4.78 is 4.89. The lowest BCUT2D eigenvalue weighted by Gasteiger charge is -2.12. The summed E-state index contributed by atoms with van der Waals surface area (Å²) in [7, 11) is 0. The van der Waals surface area contributed by atoms with Crippen molar-refractivity contribution in [3.63, 3.8) is 0 Å². The van der Waals surface area contributed by atoms with Crippen LogP contribution >= 0.6 is 0 Å². The second-order valence-corrected chi connectivity index (χ2v) is 5.14. The average Bonchev–Trinajstić information content (AvgIpc) is 2.55. The molecule has 2 aromatic carbocycles. The quantitative estimate of drug-likeness (QED) is 0.688. The first-order valence-corrected chi connectivity index (χ1v) is 7.48. The number of anilines is 1. The number of hydrogen-bond acceptors (Lipinski definition) is 4. The number of phenols is 1. The molecule has 6 heteroatoms. The standard InChI is InChI=1S/C18H16N2O4/c1-2-24-18(23)20-12-7-4-3-6-11(12)14-10-16(22)17-13(19-14)8-5-9-15(17)21/h3-10,21H,2H2,1H3,(H,19,22)(H,20,23). The fourth-order valence-corrected chi connectivity index (χ4v) is 2.54. The molecule has 0 aliphatic heterocycles. The Morgan fingerprint density at radius 1 is 1.21 bits per heavy atom. The van der Waals surface area contributed by atoms with Crippen LogP contribution in [0.3, 0.4) is 0 Å². The fraction of sp³-hybridized carbons (Fsp3) is 0.111. The number of phenolic OH excluding ortho intramolecular Hbond substituents is 1. The number of fused-ring (bicyclic) bond motifs is 1. The Labute approximate surface area is 137 Å². The molecule has 122 valence electrons. The Hall–Kier alpha value is -3.28. The number of benzene rings is 2. The number of carbonyl (C=O) groups excluding carboxylic acids is 1. The van der Waals surface area contributed by atoms with Crippen LogP contribution in [0.15, 0.2) is 53.3 Å². The van der Waals surface area contributed by atoms with E-state index in [1.165, 1.54) is 12.1 Å². The smallest absolute Gasteiger partial charge is 0.411 e. The van der Waals surface area contributed by atoms with Crippen LogP contribution in [-0.2, 0) is 4.74 Å². The van der Waals surface area contributed by atoms with E-state index in [9.17, 15) is 14.7 Å². The van der Waals surface area contributed by atoms with E-state index in [-0.39, 0.29) is 23.2 Å². The molecule has 0 aliphatic carbocycles. The zero-order chi connectivity index (χ0) is 17.1. The normalized spacial score (nSPS) is 10.5. The van der Waals surface area contributed by atoms with Gasteiger partial charge in [0.25, 0.3) is 0 Å². The first kappa shape index (κ1) is 15.6. The fourth-order valence-electron chi connectivity index (χ4n) is 2.54. The van der Waals surface area contributed by atoms with Crippen molar-refractivity contribution in [3.8, 4) is 17.0 Å². The second-order valence-electron chi connectivity index (χ2n) is 5.14. The molecule has 0 fully saturated rings. The topological polar surface area (TPSA) is 91.4 Å². The van der Waals surface area contributed by atoms with Crippen LogP contribution in [0.4, 0.5) is 10.5 Å². The average molecular weight is 324 g/mol. The number of aromatic hydroxyl groups is 1. The Morgan fingerprint density at radius 3 is 2.79 bits per heavy atom. The molecular weight excluding hydrogens is 308 g/mol. The van der Waals surface area contributed by atoms with E-state index in [4.69, 9.17) is 4.74 Å². The molecule has 0 spiro atoms. The maximum atomic E-state index is 12.3. The van der Waals surface area contributed by atoms with Crippen LogP contribution in [0.2, 0.25) is 0 Å². The van der Waals surface area contributed by atoms with E-state index >= 15 is 0 Å². The van der Waals surface area contributed by atoms with Crippen molar-refractivity contribution in [2.45, 2.75) is 6.92 Å². The number of amides is 1. The molecule has 0 saturated heterocycles. The van der Waals surface area contributed by atoms with Crippen molar-refractivity contribution in [2.24, 2.45) is 0 Å². The lowest BCUT2D eigenvalue weighted by Crippen LogP contribution is -2.14. The molecule has 0 saturated carbocycles. The molecule has 3 N–H and O–H groups in total. The van der Waals surface area contributed by atoms with Gasteiger partial charge in [-0.25, -0.2) is 4.79 Å². The molecule has 1 aromatic heterocycles. The molecule has 0 aliphatic rings. The third kappa shape index (κ3) is 2.94. The minimum Gasteiger partial charge on any atom is -0.507 e. The highest BCUT2D eigenvalue weighted by Crippen LogP contribution is 2.28. The van der Waals surface area contributed by atoms with Crippen LogP contribution < -0.4 is 10.7 Å². The van der Waals surface area contributed by atoms with E-state index in [0.717, 1.165) is 0 Å². The minimum absolute atomic E-state index is 0.0711. The summed E-state index contributed by atoms with van der Waals surface area (Å²) in [4.78, 5) is 27.1. The predicted molar refractivity (Wildman–Crippen MR) is 92.3 cm³/mol. The van der Waals surface area contributed by atoms with Crippen molar-refractivity contribution < 1.29 is 14.6 Å². The van der Waals surface area contributed by atoms with E-state index in [0.29, 0.717) is 22.5 Å². The predicted octanol–water partition coefficient (Wildman–Crippen LogP) is 3.47. The van der Waals surface area contributed by atoms with Gasteiger partial charge in [0.15, 0.2) is 5.43 Å². The third-order valence-corrected chi connectivity index (χ3v) is 3.56.